The number of halogens is 2. The van der Waals surface area contributed by atoms with Gasteiger partial charge in [0, 0.05) is 10.0 Å². The highest BCUT2D eigenvalue weighted by atomic mass is 35.5. The molecule has 1 aliphatic rings. The number of carbonyl (C=O) groups excluding carboxylic acids is 2. The summed E-state index contributed by atoms with van der Waals surface area (Å²) < 4.78 is 4.94. The van der Waals surface area contributed by atoms with Crippen molar-refractivity contribution in [2.75, 3.05) is 6.61 Å². The van der Waals surface area contributed by atoms with Gasteiger partial charge in [-0.3, -0.25) is 9.59 Å². The molecule has 1 saturated carbocycles. The van der Waals surface area contributed by atoms with E-state index in [9.17, 15) is 14.9 Å². The number of hydrogen-bond donors (Lipinski definition) is 1. The summed E-state index contributed by atoms with van der Waals surface area (Å²) in [4.78, 5) is 23.6. The summed E-state index contributed by atoms with van der Waals surface area (Å²) in [6.45, 7) is -0.409. The summed E-state index contributed by atoms with van der Waals surface area (Å²) in [6, 6.07) is 6.94. The Labute approximate surface area is 144 Å². The number of nitrogens with zero attached hydrogens (tertiary/aromatic N) is 1. The zero-order valence-electron chi connectivity index (χ0n) is 12.4. The Morgan fingerprint density at radius 1 is 1.30 bits per heavy atom. The van der Waals surface area contributed by atoms with Gasteiger partial charge in [-0.25, -0.2) is 0 Å². The van der Waals surface area contributed by atoms with Gasteiger partial charge in [-0.05, 0) is 43.4 Å². The Morgan fingerprint density at radius 3 is 2.61 bits per heavy atom. The molecule has 5 nitrogen and oxygen atoms in total. The van der Waals surface area contributed by atoms with Crippen LogP contribution in [0.25, 0.3) is 0 Å². The molecule has 1 aliphatic carbocycles. The normalized spacial score (nSPS) is 15.7. The average Bonchev–Trinajstić information content (AvgIpc) is 2.97. The maximum absolute atomic E-state index is 11.8. The van der Waals surface area contributed by atoms with E-state index in [0.717, 1.165) is 12.8 Å². The number of rotatable bonds is 5. The van der Waals surface area contributed by atoms with Gasteiger partial charge in [0.05, 0.1) is 12.5 Å². The van der Waals surface area contributed by atoms with Gasteiger partial charge in [-0.2, -0.15) is 5.26 Å². The van der Waals surface area contributed by atoms with E-state index in [2.05, 4.69) is 11.4 Å². The van der Waals surface area contributed by atoms with E-state index in [1.165, 1.54) is 6.07 Å². The van der Waals surface area contributed by atoms with Gasteiger partial charge < -0.3 is 10.1 Å². The fourth-order valence-electron chi connectivity index (χ4n) is 2.56. The lowest BCUT2D eigenvalue weighted by atomic mass is 10.00. The van der Waals surface area contributed by atoms with Gasteiger partial charge in [0.2, 0.25) is 0 Å². The number of amides is 1. The minimum Gasteiger partial charge on any atom is -0.455 e. The molecule has 0 aliphatic heterocycles. The fraction of sp³-hybridized carbons (Fsp3) is 0.438. The third-order valence-corrected chi connectivity index (χ3v) is 4.35. The number of ether oxygens (including phenoxy) is 1. The highest BCUT2D eigenvalue weighted by Gasteiger charge is 2.35. The van der Waals surface area contributed by atoms with E-state index >= 15 is 0 Å². The maximum atomic E-state index is 11.8. The lowest BCUT2D eigenvalue weighted by Crippen LogP contribution is -2.46. The van der Waals surface area contributed by atoms with Crippen LogP contribution in [0.3, 0.4) is 0 Å². The molecule has 0 aromatic heterocycles. The number of nitrogens with one attached hydrogen (secondary N) is 1. The molecule has 0 bridgehead atoms. The highest BCUT2D eigenvalue weighted by molar-refractivity contribution is 6.35. The lowest BCUT2D eigenvalue weighted by molar-refractivity contribution is -0.148. The van der Waals surface area contributed by atoms with Crippen LogP contribution in [-0.4, -0.2) is 24.0 Å². The fourth-order valence-corrected chi connectivity index (χ4v) is 3.04. The minimum atomic E-state index is -0.816. The van der Waals surface area contributed by atoms with Gasteiger partial charge in [0.25, 0.3) is 5.91 Å². The van der Waals surface area contributed by atoms with Gasteiger partial charge in [0.1, 0.15) is 5.54 Å². The quantitative estimate of drug-likeness (QED) is 0.824. The highest BCUT2D eigenvalue weighted by Crippen LogP contribution is 2.28. The van der Waals surface area contributed by atoms with Crippen LogP contribution >= 0.6 is 23.2 Å². The Balaban J connectivity index is 1.82. The number of carbonyl (C=O) groups is 2. The lowest BCUT2D eigenvalue weighted by Gasteiger charge is -2.21. The number of hydrogen-bond acceptors (Lipinski definition) is 4. The molecular formula is C16H16Cl2N2O3. The molecule has 0 atom stereocenters. The van der Waals surface area contributed by atoms with E-state index in [0.29, 0.717) is 28.5 Å². The third kappa shape index (κ3) is 4.85. The van der Waals surface area contributed by atoms with Gasteiger partial charge in [0.15, 0.2) is 6.61 Å². The topological polar surface area (TPSA) is 79.2 Å². The summed E-state index contributed by atoms with van der Waals surface area (Å²) in [7, 11) is 0. The van der Waals surface area contributed by atoms with Crippen molar-refractivity contribution in [1.29, 1.82) is 5.26 Å². The summed E-state index contributed by atoms with van der Waals surface area (Å²) in [5, 5.41) is 12.7. The molecule has 23 heavy (non-hydrogen) atoms. The second kappa shape index (κ2) is 7.67. The summed E-state index contributed by atoms with van der Waals surface area (Å²) in [6.07, 6.45) is 3.02. The Morgan fingerprint density at radius 2 is 2.00 bits per heavy atom. The molecule has 0 unspecified atom stereocenters. The largest absolute Gasteiger partial charge is 0.455 e. The first-order valence-electron chi connectivity index (χ1n) is 7.26. The molecule has 0 heterocycles. The van der Waals surface area contributed by atoms with Crippen molar-refractivity contribution in [2.45, 2.75) is 37.6 Å². The molecule has 7 heteroatoms. The number of nitriles is 1. The molecule has 1 N–H and O–H groups in total. The molecule has 0 spiro atoms. The molecule has 0 saturated heterocycles. The zero-order chi connectivity index (χ0) is 16.9. The van der Waals surface area contributed by atoms with Crippen molar-refractivity contribution >= 4 is 35.1 Å². The first kappa shape index (κ1) is 17.6. The molecule has 1 aromatic rings. The second-order valence-electron chi connectivity index (χ2n) is 5.52. The molecule has 1 aromatic carbocycles. The molecule has 2 rings (SSSR count). The van der Waals surface area contributed by atoms with Crippen molar-refractivity contribution < 1.29 is 14.3 Å². The Bertz CT molecular complexity index is 649. The smallest absolute Gasteiger partial charge is 0.310 e. The van der Waals surface area contributed by atoms with Gasteiger partial charge >= 0.3 is 5.97 Å². The summed E-state index contributed by atoms with van der Waals surface area (Å²) in [5.74, 6) is -1.04. The average molecular weight is 355 g/mol. The van der Waals surface area contributed by atoms with Crippen LogP contribution in [0.5, 0.6) is 0 Å². The standard InChI is InChI=1S/C16H16Cl2N2O3/c17-12-4-3-11(13(18)8-12)7-15(22)23-9-14(21)20-16(10-19)5-1-2-6-16/h3-4,8H,1-2,5-7,9H2,(H,20,21). The van der Waals surface area contributed by atoms with E-state index in [4.69, 9.17) is 27.9 Å². The van der Waals surface area contributed by atoms with Crippen LogP contribution in [-0.2, 0) is 20.7 Å². The molecule has 0 radical (unpaired) electrons. The van der Waals surface area contributed by atoms with Crippen LogP contribution in [0, 0.1) is 11.3 Å². The van der Waals surface area contributed by atoms with E-state index in [1.54, 1.807) is 12.1 Å². The molecule has 1 amide bonds. The minimum absolute atomic E-state index is 0.0489. The number of benzene rings is 1. The molecular weight excluding hydrogens is 339 g/mol. The van der Waals surface area contributed by atoms with E-state index in [-0.39, 0.29) is 6.42 Å². The van der Waals surface area contributed by atoms with Crippen LogP contribution in [0.15, 0.2) is 18.2 Å². The Hall–Kier alpha value is -1.77. The van der Waals surface area contributed by atoms with Crippen LogP contribution in [0.4, 0.5) is 0 Å². The Kier molecular flexibility index (Phi) is 5.86. The van der Waals surface area contributed by atoms with Crippen molar-refractivity contribution in [1.82, 2.24) is 5.32 Å². The molecule has 1 fully saturated rings. The SMILES string of the molecule is N#CC1(NC(=O)COC(=O)Cc2ccc(Cl)cc2Cl)CCCC1. The predicted octanol–water partition coefficient (Wildman–Crippen LogP) is 3.03. The van der Waals surface area contributed by atoms with Crippen molar-refractivity contribution in [3.63, 3.8) is 0 Å². The summed E-state index contributed by atoms with van der Waals surface area (Å²) >= 11 is 11.8. The van der Waals surface area contributed by atoms with Crippen molar-refractivity contribution in [3.05, 3.63) is 33.8 Å². The monoisotopic (exact) mass is 354 g/mol. The second-order valence-corrected chi connectivity index (χ2v) is 6.37. The third-order valence-electron chi connectivity index (χ3n) is 3.76. The van der Waals surface area contributed by atoms with Crippen molar-refractivity contribution in [2.24, 2.45) is 0 Å². The van der Waals surface area contributed by atoms with E-state index < -0.39 is 24.0 Å². The van der Waals surface area contributed by atoms with Crippen molar-refractivity contribution in [3.8, 4) is 6.07 Å². The van der Waals surface area contributed by atoms with Gasteiger partial charge in [-0.1, -0.05) is 29.3 Å². The first-order chi connectivity index (χ1) is 10.9. The van der Waals surface area contributed by atoms with Crippen LogP contribution < -0.4 is 5.32 Å². The predicted molar refractivity (Wildman–Crippen MR) is 86.1 cm³/mol. The first-order valence-corrected chi connectivity index (χ1v) is 8.01. The number of esters is 1. The zero-order valence-corrected chi connectivity index (χ0v) is 13.9. The van der Waals surface area contributed by atoms with Crippen LogP contribution in [0.2, 0.25) is 10.0 Å². The van der Waals surface area contributed by atoms with Gasteiger partial charge in [-0.15, -0.1) is 0 Å². The molecule has 122 valence electrons. The maximum Gasteiger partial charge on any atom is 0.310 e. The van der Waals surface area contributed by atoms with E-state index in [1.807, 2.05) is 0 Å². The van der Waals surface area contributed by atoms with Crippen LogP contribution in [0.1, 0.15) is 31.2 Å². The summed E-state index contributed by atoms with van der Waals surface area (Å²) in [5.41, 5.74) is -0.242.